The summed E-state index contributed by atoms with van der Waals surface area (Å²) in [6.07, 6.45) is 1.70. The Morgan fingerprint density at radius 3 is 2.79 bits per heavy atom. The second-order valence-electron chi connectivity index (χ2n) is 5.12. The topological polar surface area (TPSA) is 100 Å². The van der Waals surface area contributed by atoms with Gasteiger partial charge in [-0.3, -0.25) is 9.89 Å². The molecule has 0 saturated heterocycles. The van der Waals surface area contributed by atoms with Gasteiger partial charge in [0.05, 0.1) is 5.56 Å². The van der Waals surface area contributed by atoms with Crippen LogP contribution in [-0.2, 0) is 17.8 Å². The van der Waals surface area contributed by atoms with Crippen LogP contribution in [0.5, 0.6) is 0 Å². The van der Waals surface area contributed by atoms with Crippen LogP contribution in [0.25, 0.3) is 5.65 Å². The maximum Gasteiger partial charge on any atom is 0.357 e. The summed E-state index contributed by atoms with van der Waals surface area (Å²) in [5, 5.41) is 11.8. The number of nitriles is 1. The lowest BCUT2D eigenvalue weighted by Gasteiger charge is -2.08. The lowest BCUT2D eigenvalue weighted by atomic mass is 10.1. The molecule has 24 heavy (non-hydrogen) atoms. The van der Waals surface area contributed by atoms with Crippen LogP contribution in [0.1, 0.15) is 34.1 Å². The summed E-state index contributed by atoms with van der Waals surface area (Å²) < 4.78 is 6.43. The van der Waals surface area contributed by atoms with E-state index in [0.29, 0.717) is 6.42 Å². The fraction of sp³-hybridized carbons (Fsp3) is 0.176. The van der Waals surface area contributed by atoms with Crippen LogP contribution in [0, 0.1) is 11.3 Å². The highest BCUT2D eigenvalue weighted by molar-refractivity contribution is 5.89. The standard InChI is InChI=1S/C17H14N4O3/c1-2-13-14(17(23)24-10-11-6-4-3-5-7-11)20-15-12(8-18)9-19-21(15)16(13)22/h3-7,9,19H,2,10H2,1H3. The van der Waals surface area contributed by atoms with Crippen molar-refractivity contribution in [3.63, 3.8) is 0 Å². The summed E-state index contributed by atoms with van der Waals surface area (Å²) in [5.41, 5.74) is 0.932. The third-order valence-corrected chi connectivity index (χ3v) is 3.64. The Hall–Kier alpha value is -3.40. The van der Waals surface area contributed by atoms with Crippen LogP contribution in [-0.4, -0.2) is 20.6 Å². The molecule has 1 aromatic carbocycles. The third-order valence-electron chi connectivity index (χ3n) is 3.64. The number of aromatic amines is 1. The number of hydrogen-bond acceptors (Lipinski definition) is 5. The van der Waals surface area contributed by atoms with Crippen molar-refractivity contribution >= 4 is 11.6 Å². The molecule has 0 spiro atoms. The average molecular weight is 322 g/mol. The number of aromatic nitrogens is 3. The summed E-state index contributed by atoms with van der Waals surface area (Å²) in [5.74, 6) is -0.680. The molecule has 2 aromatic heterocycles. The normalized spacial score (nSPS) is 10.5. The molecular weight excluding hydrogens is 308 g/mol. The van der Waals surface area contributed by atoms with Crippen molar-refractivity contribution in [3.05, 3.63) is 69.3 Å². The van der Waals surface area contributed by atoms with E-state index in [0.717, 1.165) is 10.1 Å². The highest BCUT2D eigenvalue weighted by Crippen LogP contribution is 2.12. The van der Waals surface area contributed by atoms with Crippen molar-refractivity contribution in [1.82, 2.24) is 14.6 Å². The monoisotopic (exact) mass is 322 g/mol. The number of fused-ring (bicyclic) bond motifs is 1. The highest BCUT2D eigenvalue weighted by atomic mass is 16.5. The minimum Gasteiger partial charge on any atom is -0.456 e. The number of benzene rings is 1. The molecule has 3 aromatic rings. The van der Waals surface area contributed by atoms with Crippen LogP contribution in [0.3, 0.4) is 0 Å². The van der Waals surface area contributed by atoms with E-state index in [9.17, 15) is 9.59 Å². The zero-order valence-electron chi connectivity index (χ0n) is 12.9. The number of H-pyrrole nitrogens is 1. The number of carbonyl (C=O) groups excluding carboxylic acids is 1. The van der Waals surface area contributed by atoms with E-state index < -0.39 is 11.5 Å². The van der Waals surface area contributed by atoms with Gasteiger partial charge in [-0.25, -0.2) is 14.3 Å². The van der Waals surface area contributed by atoms with Crippen molar-refractivity contribution in [3.8, 4) is 6.07 Å². The maximum absolute atomic E-state index is 12.5. The third kappa shape index (κ3) is 2.65. The molecule has 0 aliphatic rings. The van der Waals surface area contributed by atoms with E-state index in [-0.39, 0.29) is 29.1 Å². The molecule has 7 nitrogen and oxygen atoms in total. The summed E-state index contributed by atoms with van der Waals surface area (Å²) in [4.78, 5) is 29.0. The van der Waals surface area contributed by atoms with Gasteiger partial charge in [-0.15, -0.1) is 0 Å². The largest absolute Gasteiger partial charge is 0.456 e. The maximum atomic E-state index is 12.5. The summed E-state index contributed by atoms with van der Waals surface area (Å²) in [6, 6.07) is 11.2. The predicted molar refractivity (Wildman–Crippen MR) is 85.5 cm³/mol. The molecule has 0 amide bonds. The van der Waals surface area contributed by atoms with Gasteiger partial charge in [-0.1, -0.05) is 37.3 Å². The summed E-state index contributed by atoms with van der Waals surface area (Å²) in [6.45, 7) is 1.84. The van der Waals surface area contributed by atoms with Gasteiger partial charge in [0.1, 0.15) is 18.2 Å². The molecule has 0 saturated carbocycles. The first-order valence-corrected chi connectivity index (χ1v) is 7.39. The number of esters is 1. The molecule has 0 bridgehead atoms. The molecular formula is C17H14N4O3. The molecule has 0 atom stereocenters. The van der Waals surface area contributed by atoms with Gasteiger partial charge in [-0.05, 0) is 12.0 Å². The Morgan fingerprint density at radius 2 is 2.12 bits per heavy atom. The number of carbonyl (C=O) groups is 1. The number of hydrogen-bond donors (Lipinski definition) is 1. The molecule has 0 unspecified atom stereocenters. The van der Waals surface area contributed by atoms with Crippen LogP contribution >= 0.6 is 0 Å². The van der Waals surface area contributed by atoms with Crippen LogP contribution < -0.4 is 5.56 Å². The molecule has 120 valence electrons. The van der Waals surface area contributed by atoms with E-state index in [4.69, 9.17) is 10.00 Å². The van der Waals surface area contributed by atoms with Crippen LogP contribution in [0.4, 0.5) is 0 Å². The van der Waals surface area contributed by atoms with Crippen molar-refractivity contribution < 1.29 is 9.53 Å². The molecule has 0 aliphatic carbocycles. The molecule has 3 rings (SSSR count). The molecule has 7 heteroatoms. The van der Waals surface area contributed by atoms with Crippen LogP contribution in [0.2, 0.25) is 0 Å². The van der Waals surface area contributed by atoms with E-state index in [1.165, 1.54) is 6.20 Å². The van der Waals surface area contributed by atoms with Crippen LogP contribution in [0.15, 0.2) is 41.3 Å². The Balaban J connectivity index is 1.99. The highest BCUT2D eigenvalue weighted by Gasteiger charge is 2.21. The van der Waals surface area contributed by atoms with E-state index >= 15 is 0 Å². The molecule has 1 N–H and O–H groups in total. The fourth-order valence-corrected chi connectivity index (χ4v) is 2.41. The Labute approximate surface area is 137 Å². The SMILES string of the molecule is CCc1c(C(=O)OCc2ccccc2)nc2c(C#N)c[nH]n2c1=O. The lowest BCUT2D eigenvalue weighted by Crippen LogP contribution is -2.25. The molecule has 0 fully saturated rings. The quantitative estimate of drug-likeness (QED) is 0.738. The Bertz CT molecular complexity index is 996. The minimum atomic E-state index is -0.680. The molecule has 2 heterocycles. The van der Waals surface area contributed by atoms with Crippen molar-refractivity contribution in [2.75, 3.05) is 0 Å². The number of ether oxygens (including phenoxy) is 1. The van der Waals surface area contributed by atoms with E-state index in [1.54, 1.807) is 6.92 Å². The van der Waals surface area contributed by atoms with E-state index in [1.807, 2.05) is 36.4 Å². The second-order valence-corrected chi connectivity index (χ2v) is 5.12. The summed E-state index contributed by atoms with van der Waals surface area (Å²) in [7, 11) is 0. The number of rotatable bonds is 4. The first-order chi connectivity index (χ1) is 11.7. The number of nitrogens with one attached hydrogen (secondary N) is 1. The van der Waals surface area contributed by atoms with Gasteiger partial charge in [-0.2, -0.15) is 5.26 Å². The molecule has 0 aliphatic heterocycles. The average Bonchev–Trinajstić information content (AvgIpc) is 3.03. The lowest BCUT2D eigenvalue weighted by molar-refractivity contribution is 0.0464. The van der Waals surface area contributed by atoms with Gasteiger partial charge in [0.25, 0.3) is 5.56 Å². The van der Waals surface area contributed by atoms with E-state index in [2.05, 4.69) is 10.1 Å². The van der Waals surface area contributed by atoms with Gasteiger partial charge < -0.3 is 4.74 Å². The van der Waals surface area contributed by atoms with Gasteiger partial charge in [0.15, 0.2) is 11.3 Å². The van der Waals surface area contributed by atoms with Gasteiger partial charge in [0, 0.05) is 6.20 Å². The zero-order chi connectivity index (χ0) is 17.1. The van der Waals surface area contributed by atoms with Gasteiger partial charge in [0.2, 0.25) is 0 Å². The van der Waals surface area contributed by atoms with Crippen molar-refractivity contribution in [2.45, 2.75) is 20.0 Å². The first kappa shape index (κ1) is 15.5. The van der Waals surface area contributed by atoms with Crippen molar-refractivity contribution in [2.24, 2.45) is 0 Å². The summed E-state index contributed by atoms with van der Waals surface area (Å²) >= 11 is 0. The minimum absolute atomic E-state index is 0.0467. The fourth-order valence-electron chi connectivity index (χ4n) is 2.41. The second kappa shape index (κ2) is 6.38. The van der Waals surface area contributed by atoms with Gasteiger partial charge >= 0.3 is 5.97 Å². The van der Waals surface area contributed by atoms with Crippen molar-refractivity contribution in [1.29, 1.82) is 5.26 Å². The zero-order valence-corrected chi connectivity index (χ0v) is 12.9. The number of nitrogens with zero attached hydrogens (tertiary/aromatic N) is 3. The Morgan fingerprint density at radius 1 is 1.38 bits per heavy atom. The Kier molecular flexibility index (Phi) is 4.12. The first-order valence-electron chi connectivity index (χ1n) is 7.39. The smallest absolute Gasteiger partial charge is 0.357 e. The predicted octanol–water partition coefficient (Wildman–Crippen LogP) is 1.81. The molecule has 0 radical (unpaired) electrons.